The van der Waals surface area contributed by atoms with E-state index in [0.717, 1.165) is 45.3 Å². The van der Waals surface area contributed by atoms with Crippen molar-refractivity contribution in [3.8, 4) is 0 Å². The number of hydrogen-bond acceptors (Lipinski definition) is 6. The second-order valence-corrected chi connectivity index (χ2v) is 6.60. The first-order valence-corrected chi connectivity index (χ1v) is 9.23. The molecule has 0 saturated heterocycles. The Kier molecular flexibility index (Phi) is 19.2. The van der Waals surface area contributed by atoms with Crippen molar-refractivity contribution < 1.29 is 14.1 Å². The van der Waals surface area contributed by atoms with Crippen molar-refractivity contribution in [2.45, 2.75) is 32.6 Å². The number of hydrogen-bond donors (Lipinski definition) is 5. The van der Waals surface area contributed by atoms with Crippen LogP contribution in [0, 0.1) is 0 Å². The minimum absolute atomic E-state index is 0. The van der Waals surface area contributed by atoms with E-state index in [2.05, 4.69) is 23.0 Å². The molecule has 0 aromatic rings. The van der Waals surface area contributed by atoms with E-state index < -0.39 is 7.60 Å². The zero-order chi connectivity index (χ0) is 15.1. The molecule has 21 heavy (non-hydrogen) atoms. The fraction of sp³-hybridized carbons (Fsp3) is 1.00. The van der Waals surface area contributed by atoms with Gasteiger partial charge in [-0.05, 0) is 6.42 Å². The Morgan fingerprint density at radius 2 is 1.67 bits per heavy atom. The van der Waals surface area contributed by atoms with Crippen molar-refractivity contribution in [3.05, 3.63) is 0 Å². The summed E-state index contributed by atoms with van der Waals surface area (Å²) in [5, 5.41) is 6.33. The van der Waals surface area contributed by atoms with Crippen molar-refractivity contribution in [2.75, 3.05) is 45.4 Å². The molecule has 0 aliphatic heterocycles. The molecule has 6 N–H and O–H groups in total. The van der Waals surface area contributed by atoms with Gasteiger partial charge in [-0.25, -0.2) is 4.62 Å². The molecule has 7 nitrogen and oxygen atoms in total. The standard InChI is InChI=1S/C12H31N4O3P.Li.H/c1-2-3-4-5-12-20(17,18)19-16-11-10-15-9-8-14-7-6-13;;/h14-16H,2-13H2,1H3,(H,17,18);;. The van der Waals surface area contributed by atoms with Crippen LogP contribution < -0.4 is 21.8 Å². The predicted molar refractivity (Wildman–Crippen MR) is 89.9 cm³/mol. The van der Waals surface area contributed by atoms with Crippen molar-refractivity contribution >= 4 is 26.5 Å². The summed E-state index contributed by atoms with van der Waals surface area (Å²) in [4.78, 5) is 9.54. The minimum atomic E-state index is -3.47. The fourth-order valence-electron chi connectivity index (χ4n) is 1.60. The van der Waals surface area contributed by atoms with Crippen LogP contribution in [0.25, 0.3) is 0 Å². The van der Waals surface area contributed by atoms with Crippen LogP contribution >= 0.6 is 7.60 Å². The summed E-state index contributed by atoms with van der Waals surface area (Å²) in [6.45, 7) is 6.42. The van der Waals surface area contributed by atoms with Gasteiger partial charge in [-0.3, -0.25) is 4.57 Å². The SMILES string of the molecule is CCCCCCP(=O)(O)ONCCNCCNCCN.[LiH]. The van der Waals surface area contributed by atoms with E-state index >= 15 is 0 Å². The summed E-state index contributed by atoms with van der Waals surface area (Å²) in [5.74, 6) is 0. The number of hydroxylamine groups is 1. The molecule has 124 valence electrons. The molecule has 0 aromatic carbocycles. The third-order valence-corrected chi connectivity index (χ3v) is 4.00. The van der Waals surface area contributed by atoms with Gasteiger partial charge in [0.15, 0.2) is 0 Å². The molecule has 1 unspecified atom stereocenters. The van der Waals surface area contributed by atoms with Gasteiger partial charge in [0.1, 0.15) is 0 Å². The monoisotopic (exact) mass is 318 g/mol. The number of unbranched alkanes of at least 4 members (excludes halogenated alkanes) is 3. The molecular weight excluding hydrogens is 286 g/mol. The summed E-state index contributed by atoms with van der Waals surface area (Å²) >= 11 is 0. The maximum atomic E-state index is 11.6. The van der Waals surface area contributed by atoms with Crippen molar-refractivity contribution in [1.82, 2.24) is 16.1 Å². The third-order valence-electron chi connectivity index (χ3n) is 2.70. The van der Waals surface area contributed by atoms with Crippen LogP contribution in [0.15, 0.2) is 0 Å². The van der Waals surface area contributed by atoms with Gasteiger partial charge in [-0.1, -0.05) is 26.2 Å². The first-order chi connectivity index (χ1) is 9.62. The quantitative estimate of drug-likeness (QED) is 0.123. The molecule has 1 atom stereocenters. The second-order valence-electron chi connectivity index (χ2n) is 4.70. The van der Waals surface area contributed by atoms with Gasteiger partial charge in [-0.15, -0.1) is 0 Å². The van der Waals surface area contributed by atoms with Crippen LogP contribution in [0.4, 0.5) is 0 Å². The summed E-state index contributed by atoms with van der Waals surface area (Å²) < 4.78 is 16.5. The maximum absolute atomic E-state index is 11.6. The average Bonchev–Trinajstić information content (AvgIpc) is 2.42. The summed E-state index contributed by atoms with van der Waals surface area (Å²) in [5.41, 5.74) is 7.89. The number of nitrogens with one attached hydrogen (secondary N) is 3. The van der Waals surface area contributed by atoms with E-state index in [0.29, 0.717) is 19.6 Å². The number of nitrogens with two attached hydrogens (primary N) is 1. The van der Waals surface area contributed by atoms with E-state index in [4.69, 9.17) is 10.4 Å². The van der Waals surface area contributed by atoms with Crippen LogP contribution in [0.5, 0.6) is 0 Å². The first-order valence-electron chi connectivity index (χ1n) is 7.47. The normalized spacial score (nSPS) is 13.7. The van der Waals surface area contributed by atoms with Crippen LogP contribution in [-0.4, -0.2) is 69.2 Å². The average molecular weight is 318 g/mol. The van der Waals surface area contributed by atoms with Gasteiger partial charge in [0, 0.05) is 39.3 Å². The molecule has 0 saturated carbocycles. The van der Waals surface area contributed by atoms with Crippen LogP contribution in [-0.2, 0) is 9.19 Å². The summed E-state index contributed by atoms with van der Waals surface area (Å²) in [6.07, 6.45) is 4.13. The van der Waals surface area contributed by atoms with Gasteiger partial charge < -0.3 is 21.3 Å². The van der Waals surface area contributed by atoms with Crippen molar-refractivity contribution in [3.63, 3.8) is 0 Å². The van der Waals surface area contributed by atoms with Crippen LogP contribution in [0.1, 0.15) is 32.6 Å². The van der Waals surface area contributed by atoms with Crippen LogP contribution in [0.3, 0.4) is 0 Å². The van der Waals surface area contributed by atoms with E-state index in [-0.39, 0.29) is 25.0 Å². The molecule has 0 bridgehead atoms. The first kappa shape index (κ1) is 23.8. The predicted octanol–water partition coefficient (Wildman–Crippen LogP) is -0.237. The van der Waals surface area contributed by atoms with E-state index in [1.807, 2.05) is 0 Å². The van der Waals surface area contributed by atoms with Gasteiger partial charge in [0.2, 0.25) is 0 Å². The Morgan fingerprint density at radius 1 is 1.05 bits per heavy atom. The van der Waals surface area contributed by atoms with E-state index in [9.17, 15) is 9.46 Å². The zero-order valence-electron chi connectivity index (χ0n) is 12.6. The molecule has 0 aromatic heterocycles. The second kappa shape index (κ2) is 16.9. The molecule has 0 aliphatic carbocycles. The Balaban J connectivity index is 0. The van der Waals surface area contributed by atoms with Gasteiger partial charge in [-0.2, -0.15) is 5.48 Å². The molecular formula is C12H32LiN4O3P. The molecule has 0 rings (SSSR count). The van der Waals surface area contributed by atoms with Crippen LogP contribution in [0.2, 0.25) is 0 Å². The van der Waals surface area contributed by atoms with E-state index in [1.54, 1.807) is 0 Å². The molecule has 0 aliphatic rings. The third kappa shape index (κ3) is 18.5. The molecule has 0 radical (unpaired) electrons. The van der Waals surface area contributed by atoms with Gasteiger partial charge >= 0.3 is 26.5 Å². The molecule has 0 fully saturated rings. The Labute approximate surface area is 140 Å². The Hall–Kier alpha value is 0.587. The van der Waals surface area contributed by atoms with Gasteiger partial charge in [0.25, 0.3) is 0 Å². The Morgan fingerprint density at radius 3 is 2.29 bits per heavy atom. The molecule has 9 heteroatoms. The van der Waals surface area contributed by atoms with Crippen molar-refractivity contribution in [1.29, 1.82) is 0 Å². The van der Waals surface area contributed by atoms with E-state index in [1.165, 1.54) is 0 Å². The molecule has 0 amide bonds. The fourth-order valence-corrected chi connectivity index (χ4v) is 2.61. The summed E-state index contributed by atoms with van der Waals surface area (Å²) in [6, 6.07) is 0. The topological polar surface area (TPSA) is 109 Å². The number of rotatable bonds is 15. The molecule has 0 heterocycles. The van der Waals surface area contributed by atoms with Crippen molar-refractivity contribution in [2.24, 2.45) is 5.73 Å². The molecule has 0 spiro atoms. The summed E-state index contributed by atoms with van der Waals surface area (Å²) in [7, 11) is -3.47. The Bertz CT molecular complexity index is 263. The zero-order valence-corrected chi connectivity index (χ0v) is 13.5. The van der Waals surface area contributed by atoms with Gasteiger partial charge in [0.05, 0.1) is 6.16 Å².